The fourth-order valence-corrected chi connectivity index (χ4v) is 5.02. The maximum atomic E-state index is 13.3. The highest BCUT2D eigenvalue weighted by atomic mass is 35.5. The van der Waals surface area contributed by atoms with Crippen molar-refractivity contribution in [2.24, 2.45) is 0 Å². The van der Waals surface area contributed by atoms with E-state index >= 15 is 0 Å². The normalized spacial score (nSPS) is 12.2. The third-order valence-electron chi connectivity index (χ3n) is 5.61. The SMILES string of the molecule is COc1ccc(N(CCCC(=O)N(Cc2cccc(C)c2)C(C)C(=O)NC(C)C)S(C)(=O)=O)cc1Cl. The molecule has 8 nitrogen and oxygen atoms in total. The highest BCUT2D eigenvalue weighted by molar-refractivity contribution is 7.92. The van der Waals surface area contributed by atoms with Crippen molar-refractivity contribution < 1.29 is 22.7 Å². The van der Waals surface area contributed by atoms with Gasteiger partial charge < -0.3 is 15.0 Å². The molecule has 0 aliphatic carbocycles. The number of carbonyl (C=O) groups is 2. The fraction of sp³-hybridized carbons (Fsp3) is 0.462. The zero-order valence-electron chi connectivity index (χ0n) is 21.7. The number of anilines is 1. The number of hydrogen-bond donors (Lipinski definition) is 1. The Morgan fingerprint density at radius 3 is 2.36 bits per heavy atom. The second-order valence-electron chi connectivity index (χ2n) is 9.11. The van der Waals surface area contributed by atoms with Gasteiger partial charge in [-0.15, -0.1) is 0 Å². The molecule has 1 atom stereocenters. The molecule has 0 heterocycles. The Bertz CT molecular complexity index is 1170. The fourth-order valence-electron chi connectivity index (χ4n) is 3.81. The first-order valence-electron chi connectivity index (χ1n) is 11.8. The van der Waals surface area contributed by atoms with Crippen LogP contribution >= 0.6 is 11.6 Å². The molecule has 2 amide bonds. The van der Waals surface area contributed by atoms with Gasteiger partial charge in [-0.05, 0) is 57.9 Å². The Kier molecular flexibility index (Phi) is 10.6. The van der Waals surface area contributed by atoms with Gasteiger partial charge in [0.1, 0.15) is 11.8 Å². The van der Waals surface area contributed by atoms with Crippen LogP contribution in [0.2, 0.25) is 5.02 Å². The third-order valence-corrected chi connectivity index (χ3v) is 7.10. The lowest BCUT2D eigenvalue weighted by molar-refractivity contribution is -0.140. The van der Waals surface area contributed by atoms with Crippen LogP contribution in [-0.4, -0.2) is 57.1 Å². The molecule has 0 aromatic heterocycles. The molecular weight excluding hydrogens is 502 g/mol. The molecule has 2 rings (SSSR count). The number of sulfonamides is 1. The first kappa shape index (κ1) is 29.5. The maximum absolute atomic E-state index is 13.3. The smallest absolute Gasteiger partial charge is 0.242 e. The van der Waals surface area contributed by atoms with E-state index in [1.54, 1.807) is 24.0 Å². The van der Waals surface area contributed by atoms with Gasteiger partial charge in [0.15, 0.2) is 0 Å². The molecule has 10 heteroatoms. The van der Waals surface area contributed by atoms with Crippen LogP contribution in [0.1, 0.15) is 44.7 Å². The molecule has 36 heavy (non-hydrogen) atoms. The van der Waals surface area contributed by atoms with E-state index in [0.29, 0.717) is 11.4 Å². The average Bonchev–Trinajstić information content (AvgIpc) is 2.78. The third kappa shape index (κ3) is 8.41. The van der Waals surface area contributed by atoms with Crippen molar-refractivity contribution in [3.8, 4) is 5.75 Å². The molecule has 0 radical (unpaired) electrons. The lowest BCUT2D eigenvalue weighted by Crippen LogP contribution is -2.49. The predicted molar refractivity (Wildman–Crippen MR) is 144 cm³/mol. The van der Waals surface area contributed by atoms with Gasteiger partial charge in [0, 0.05) is 25.6 Å². The van der Waals surface area contributed by atoms with E-state index in [2.05, 4.69) is 5.32 Å². The summed E-state index contributed by atoms with van der Waals surface area (Å²) in [5.41, 5.74) is 2.36. The Morgan fingerprint density at radius 1 is 1.11 bits per heavy atom. The van der Waals surface area contributed by atoms with Gasteiger partial charge in [0.05, 0.1) is 24.1 Å². The standard InChI is InChI=1S/C26H36ClN3O5S/c1-18(2)28-26(32)20(4)29(17-21-10-7-9-19(3)15-21)25(31)11-8-14-30(36(6,33)34)22-12-13-24(35-5)23(27)16-22/h7,9-10,12-13,15-16,18,20H,8,11,14,17H2,1-6H3,(H,28,32). The number of rotatable bonds is 12. The summed E-state index contributed by atoms with van der Waals surface area (Å²) in [6.45, 7) is 7.75. The van der Waals surface area contributed by atoms with Crippen LogP contribution < -0.4 is 14.4 Å². The van der Waals surface area contributed by atoms with Crippen molar-refractivity contribution in [1.82, 2.24) is 10.2 Å². The number of carbonyl (C=O) groups excluding carboxylic acids is 2. The van der Waals surface area contributed by atoms with E-state index in [0.717, 1.165) is 17.4 Å². The minimum atomic E-state index is -3.62. The van der Waals surface area contributed by atoms with Gasteiger partial charge in [-0.3, -0.25) is 13.9 Å². The second kappa shape index (κ2) is 13.0. The molecular formula is C26H36ClN3O5S. The molecule has 0 bridgehead atoms. The summed E-state index contributed by atoms with van der Waals surface area (Å²) >= 11 is 6.19. The van der Waals surface area contributed by atoms with Crippen LogP contribution in [0, 0.1) is 6.92 Å². The lowest BCUT2D eigenvalue weighted by atomic mass is 10.1. The van der Waals surface area contributed by atoms with E-state index in [9.17, 15) is 18.0 Å². The molecule has 0 saturated carbocycles. The summed E-state index contributed by atoms with van der Waals surface area (Å²) < 4.78 is 31.3. The number of amides is 2. The van der Waals surface area contributed by atoms with Crippen molar-refractivity contribution in [1.29, 1.82) is 0 Å². The van der Waals surface area contributed by atoms with Crippen molar-refractivity contribution >= 4 is 39.1 Å². The highest BCUT2D eigenvalue weighted by Gasteiger charge is 2.27. The average molecular weight is 538 g/mol. The molecule has 0 aliphatic rings. The first-order valence-corrected chi connectivity index (χ1v) is 14.0. The summed E-state index contributed by atoms with van der Waals surface area (Å²) in [6, 6.07) is 11.8. The molecule has 2 aromatic carbocycles. The summed E-state index contributed by atoms with van der Waals surface area (Å²) in [5, 5.41) is 3.15. The molecule has 0 fully saturated rings. The second-order valence-corrected chi connectivity index (χ2v) is 11.4. The largest absolute Gasteiger partial charge is 0.495 e. The predicted octanol–water partition coefficient (Wildman–Crippen LogP) is 4.15. The zero-order chi connectivity index (χ0) is 27.0. The lowest BCUT2D eigenvalue weighted by Gasteiger charge is -2.30. The van der Waals surface area contributed by atoms with E-state index in [1.807, 2.05) is 45.0 Å². The molecule has 0 saturated heterocycles. The quantitative estimate of drug-likeness (QED) is 0.439. The first-order chi connectivity index (χ1) is 16.8. The van der Waals surface area contributed by atoms with Crippen molar-refractivity contribution in [3.05, 3.63) is 58.6 Å². The number of aryl methyl sites for hydroxylation is 1. The molecule has 198 valence electrons. The summed E-state index contributed by atoms with van der Waals surface area (Å²) in [7, 11) is -2.15. The highest BCUT2D eigenvalue weighted by Crippen LogP contribution is 2.30. The van der Waals surface area contributed by atoms with Crippen LogP contribution in [0.15, 0.2) is 42.5 Å². The number of nitrogens with zero attached hydrogens (tertiary/aromatic N) is 2. The van der Waals surface area contributed by atoms with Gasteiger partial charge in [-0.2, -0.15) is 0 Å². The Labute approximate surface area is 219 Å². The topological polar surface area (TPSA) is 96.0 Å². The van der Waals surface area contributed by atoms with Gasteiger partial charge in [-0.1, -0.05) is 41.4 Å². The molecule has 1 unspecified atom stereocenters. The van der Waals surface area contributed by atoms with Crippen molar-refractivity contribution in [3.63, 3.8) is 0 Å². The number of hydrogen-bond acceptors (Lipinski definition) is 5. The van der Waals surface area contributed by atoms with E-state index in [4.69, 9.17) is 16.3 Å². The minimum absolute atomic E-state index is 0.0597. The van der Waals surface area contributed by atoms with Gasteiger partial charge >= 0.3 is 0 Å². The molecule has 0 aliphatic heterocycles. The Hall–Kier alpha value is -2.78. The maximum Gasteiger partial charge on any atom is 0.242 e. The van der Waals surface area contributed by atoms with E-state index < -0.39 is 16.1 Å². The van der Waals surface area contributed by atoms with Crippen LogP contribution in [0.5, 0.6) is 5.75 Å². The summed E-state index contributed by atoms with van der Waals surface area (Å²) in [6.07, 6.45) is 1.44. The number of methoxy groups -OCH3 is 1. The van der Waals surface area contributed by atoms with Gasteiger partial charge in [-0.25, -0.2) is 8.42 Å². The van der Waals surface area contributed by atoms with E-state index in [1.165, 1.54) is 17.5 Å². The molecule has 0 spiro atoms. The summed E-state index contributed by atoms with van der Waals surface area (Å²) in [4.78, 5) is 27.6. The van der Waals surface area contributed by atoms with Crippen LogP contribution in [-0.2, 0) is 26.2 Å². The van der Waals surface area contributed by atoms with Crippen molar-refractivity contribution in [2.45, 2.75) is 59.2 Å². The van der Waals surface area contributed by atoms with Gasteiger partial charge in [0.2, 0.25) is 21.8 Å². The van der Waals surface area contributed by atoms with Gasteiger partial charge in [0.25, 0.3) is 0 Å². The number of ether oxygens (including phenoxy) is 1. The Balaban J connectivity index is 2.19. The molecule has 2 aromatic rings. The van der Waals surface area contributed by atoms with Crippen LogP contribution in [0.4, 0.5) is 5.69 Å². The van der Waals surface area contributed by atoms with E-state index in [-0.39, 0.29) is 48.8 Å². The minimum Gasteiger partial charge on any atom is -0.495 e. The van der Waals surface area contributed by atoms with Crippen LogP contribution in [0.25, 0.3) is 0 Å². The van der Waals surface area contributed by atoms with Crippen LogP contribution in [0.3, 0.4) is 0 Å². The summed E-state index contributed by atoms with van der Waals surface area (Å²) in [5.74, 6) is -0.0368. The molecule has 1 N–H and O–H groups in total. The monoisotopic (exact) mass is 537 g/mol. The number of halogens is 1. The Morgan fingerprint density at radius 2 is 1.81 bits per heavy atom. The van der Waals surface area contributed by atoms with Crippen molar-refractivity contribution in [2.75, 3.05) is 24.2 Å². The number of benzene rings is 2. The zero-order valence-corrected chi connectivity index (χ0v) is 23.3. The number of nitrogens with one attached hydrogen (secondary N) is 1.